The zero-order valence-electron chi connectivity index (χ0n) is 13.3. The van der Waals surface area contributed by atoms with Gasteiger partial charge in [0.2, 0.25) is 5.89 Å². The van der Waals surface area contributed by atoms with Crippen molar-refractivity contribution in [2.45, 2.75) is 26.2 Å². The average Bonchev–Trinajstić information content (AvgIpc) is 2.99. The van der Waals surface area contributed by atoms with Crippen LogP contribution in [-0.2, 0) is 6.42 Å². The highest BCUT2D eigenvalue weighted by atomic mass is 16.5. The maximum Gasteiger partial charge on any atom is 0.271 e. The fraction of sp³-hybridized carbons (Fsp3) is 0.533. The molecule has 122 valence electrons. The number of piperidine rings is 1. The second-order valence-electron chi connectivity index (χ2n) is 5.74. The molecular weight excluding hydrogens is 296 g/mol. The van der Waals surface area contributed by atoms with Gasteiger partial charge in [0.15, 0.2) is 17.3 Å². The lowest BCUT2D eigenvalue weighted by Crippen LogP contribution is -2.37. The molecule has 0 saturated carbocycles. The number of rotatable bonds is 4. The molecule has 1 amide bonds. The highest BCUT2D eigenvalue weighted by Gasteiger charge is 2.23. The lowest BCUT2D eigenvalue weighted by atomic mass is 9.94. The van der Waals surface area contributed by atoms with Crippen LogP contribution < -0.4 is 10.2 Å². The lowest BCUT2D eigenvalue weighted by Gasteiger charge is -2.32. The van der Waals surface area contributed by atoms with Gasteiger partial charge in [0.1, 0.15) is 0 Å². The maximum absolute atomic E-state index is 11.5. The van der Waals surface area contributed by atoms with Crippen molar-refractivity contribution in [3.05, 3.63) is 29.5 Å². The molecule has 1 atom stereocenters. The van der Waals surface area contributed by atoms with Gasteiger partial charge in [-0.2, -0.15) is 4.98 Å². The third-order valence-corrected chi connectivity index (χ3v) is 3.99. The van der Waals surface area contributed by atoms with E-state index >= 15 is 0 Å². The predicted molar refractivity (Wildman–Crippen MR) is 83.1 cm³/mol. The molecule has 1 saturated heterocycles. The van der Waals surface area contributed by atoms with Crippen molar-refractivity contribution in [1.82, 2.24) is 25.7 Å². The zero-order valence-corrected chi connectivity index (χ0v) is 13.3. The van der Waals surface area contributed by atoms with E-state index in [0.717, 1.165) is 44.0 Å². The van der Waals surface area contributed by atoms with Gasteiger partial charge in [0, 0.05) is 33.5 Å². The molecule has 0 spiro atoms. The Kier molecular flexibility index (Phi) is 4.50. The highest BCUT2D eigenvalue weighted by Crippen LogP contribution is 2.23. The van der Waals surface area contributed by atoms with Gasteiger partial charge in [0.05, 0.1) is 0 Å². The molecule has 8 nitrogen and oxygen atoms in total. The van der Waals surface area contributed by atoms with Crippen molar-refractivity contribution in [3.8, 4) is 0 Å². The second-order valence-corrected chi connectivity index (χ2v) is 5.74. The number of carbonyl (C=O) groups excluding carboxylic acids is 1. The number of nitrogens with one attached hydrogen (secondary N) is 1. The number of nitrogens with zero attached hydrogens (tertiary/aromatic N) is 5. The number of aryl methyl sites for hydroxylation is 1. The van der Waals surface area contributed by atoms with Crippen LogP contribution in [0.2, 0.25) is 0 Å². The fourth-order valence-corrected chi connectivity index (χ4v) is 2.87. The van der Waals surface area contributed by atoms with Crippen molar-refractivity contribution >= 4 is 11.7 Å². The van der Waals surface area contributed by atoms with E-state index in [-0.39, 0.29) is 5.91 Å². The number of hydrogen-bond donors (Lipinski definition) is 1. The number of amides is 1. The van der Waals surface area contributed by atoms with Crippen molar-refractivity contribution in [2.75, 3.05) is 25.0 Å². The van der Waals surface area contributed by atoms with Crippen LogP contribution in [0.25, 0.3) is 0 Å². The first-order chi connectivity index (χ1) is 11.2. The molecule has 2 aromatic heterocycles. The molecule has 2 aromatic rings. The first-order valence-electron chi connectivity index (χ1n) is 7.75. The molecule has 1 aliphatic heterocycles. The summed E-state index contributed by atoms with van der Waals surface area (Å²) >= 11 is 0. The van der Waals surface area contributed by atoms with E-state index in [1.807, 2.05) is 6.07 Å². The topological polar surface area (TPSA) is 97.0 Å². The monoisotopic (exact) mass is 316 g/mol. The van der Waals surface area contributed by atoms with E-state index in [1.54, 1.807) is 20.0 Å². The van der Waals surface area contributed by atoms with Crippen LogP contribution in [0, 0.1) is 12.8 Å². The molecule has 3 rings (SSSR count). The van der Waals surface area contributed by atoms with Crippen molar-refractivity contribution in [2.24, 2.45) is 5.92 Å². The van der Waals surface area contributed by atoms with Crippen LogP contribution in [0.4, 0.5) is 5.82 Å². The Bertz CT molecular complexity index is 669. The molecule has 0 aromatic carbocycles. The van der Waals surface area contributed by atoms with E-state index in [2.05, 4.69) is 30.6 Å². The van der Waals surface area contributed by atoms with Gasteiger partial charge in [-0.15, -0.1) is 10.2 Å². The Hall–Kier alpha value is -2.51. The summed E-state index contributed by atoms with van der Waals surface area (Å²) in [6.07, 6.45) is 3.02. The van der Waals surface area contributed by atoms with Crippen LogP contribution in [-0.4, -0.2) is 46.4 Å². The molecule has 0 aliphatic carbocycles. The third kappa shape index (κ3) is 3.64. The summed E-state index contributed by atoms with van der Waals surface area (Å²) in [7, 11) is 1.58. The molecule has 3 heterocycles. The quantitative estimate of drug-likeness (QED) is 0.898. The number of hydrogen-bond acceptors (Lipinski definition) is 7. The van der Waals surface area contributed by atoms with Gasteiger partial charge >= 0.3 is 0 Å². The van der Waals surface area contributed by atoms with Gasteiger partial charge < -0.3 is 14.7 Å². The molecule has 8 heteroatoms. The first-order valence-corrected chi connectivity index (χ1v) is 7.75. The van der Waals surface area contributed by atoms with E-state index in [4.69, 9.17) is 4.52 Å². The Morgan fingerprint density at radius 3 is 2.96 bits per heavy atom. The molecule has 23 heavy (non-hydrogen) atoms. The van der Waals surface area contributed by atoms with Crippen LogP contribution in [0.3, 0.4) is 0 Å². The summed E-state index contributed by atoms with van der Waals surface area (Å²) in [6.45, 7) is 3.62. The van der Waals surface area contributed by atoms with Gasteiger partial charge in [-0.25, -0.2) is 0 Å². The minimum Gasteiger partial charge on any atom is -0.355 e. The molecule has 1 fully saturated rings. The van der Waals surface area contributed by atoms with Crippen molar-refractivity contribution in [1.29, 1.82) is 0 Å². The fourth-order valence-electron chi connectivity index (χ4n) is 2.87. The van der Waals surface area contributed by atoms with Crippen LogP contribution in [0.5, 0.6) is 0 Å². The highest BCUT2D eigenvalue weighted by molar-refractivity contribution is 5.91. The Labute approximate surface area is 134 Å². The number of carbonyl (C=O) groups is 1. The van der Waals surface area contributed by atoms with E-state index < -0.39 is 0 Å². The number of aromatic nitrogens is 4. The third-order valence-electron chi connectivity index (χ3n) is 3.99. The Balaban J connectivity index is 1.64. The summed E-state index contributed by atoms with van der Waals surface area (Å²) in [6, 6.07) is 3.55. The van der Waals surface area contributed by atoms with Gasteiger partial charge in [-0.05, 0) is 30.9 Å². The summed E-state index contributed by atoms with van der Waals surface area (Å²) in [5.74, 6) is 2.39. The molecule has 1 N–H and O–H groups in total. The van der Waals surface area contributed by atoms with Crippen LogP contribution in [0.15, 0.2) is 16.7 Å². The van der Waals surface area contributed by atoms with E-state index in [0.29, 0.717) is 17.5 Å². The van der Waals surface area contributed by atoms with Gasteiger partial charge in [-0.3, -0.25) is 4.79 Å². The minimum absolute atomic E-state index is 0.229. The van der Waals surface area contributed by atoms with Gasteiger partial charge in [0.25, 0.3) is 5.91 Å². The largest absolute Gasteiger partial charge is 0.355 e. The predicted octanol–water partition coefficient (Wildman–Crippen LogP) is 0.987. The summed E-state index contributed by atoms with van der Waals surface area (Å²) in [5, 5.41) is 14.7. The van der Waals surface area contributed by atoms with Crippen molar-refractivity contribution < 1.29 is 9.32 Å². The average molecular weight is 316 g/mol. The van der Waals surface area contributed by atoms with Gasteiger partial charge in [-0.1, -0.05) is 5.16 Å². The Morgan fingerprint density at radius 1 is 1.43 bits per heavy atom. The summed E-state index contributed by atoms with van der Waals surface area (Å²) in [5.41, 5.74) is 0.326. The standard InChI is InChI=1S/C15H20N6O2/c1-10-17-13(20-23-10)8-11-4-3-7-21(9-11)14-6-5-12(18-19-14)15(22)16-2/h5-6,11H,3-4,7-9H2,1-2H3,(H,16,22). The Morgan fingerprint density at radius 2 is 2.30 bits per heavy atom. The molecule has 1 aliphatic rings. The normalized spacial score (nSPS) is 18.0. The molecule has 0 radical (unpaired) electrons. The summed E-state index contributed by atoms with van der Waals surface area (Å²) in [4.78, 5) is 18.0. The number of anilines is 1. The van der Waals surface area contributed by atoms with Crippen LogP contribution >= 0.6 is 0 Å². The van der Waals surface area contributed by atoms with Crippen molar-refractivity contribution in [3.63, 3.8) is 0 Å². The smallest absolute Gasteiger partial charge is 0.271 e. The van der Waals surface area contributed by atoms with Crippen LogP contribution in [0.1, 0.15) is 35.0 Å². The molecule has 0 bridgehead atoms. The minimum atomic E-state index is -0.229. The summed E-state index contributed by atoms with van der Waals surface area (Å²) < 4.78 is 5.03. The molecular formula is C15H20N6O2. The molecule has 1 unspecified atom stereocenters. The lowest BCUT2D eigenvalue weighted by molar-refractivity contribution is 0.0957. The zero-order chi connectivity index (χ0) is 16.2. The SMILES string of the molecule is CNC(=O)c1ccc(N2CCCC(Cc3noc(C)n3)C2)nn1. The first kappa shape index (κ1) is 15.4. The maximum atomic E-state index is 11.5. The van der Waals surface area contributed by atoms with E-state index in [9.17, 15) is 4.79 Å². The van der Waals surface area contributed by atoms with E-state index in [1.165, 1.54) is 0 Å². The second kappa shape index (κ2) is 6.72.